The monoisotopic (exact) mass is 423 g/mol. The third kappa shape index (κ3) is 5.16. The number of ketones is 1. The lowest BCUT2D eigenvalue weighted by atomic mass is 9.98. The number of ether oxygens (including phenoxy) is 3. The molecule has 0 atom stereocenters. The van der Waals surface area contributed by atoms with Crippen molar-refractivity contribution in [3.8, 4) is 5.75 Å². The van der Waals surface area contributed by atoms with Gasteiger partial charge in [-0.15, -0.1) is 0 Å². The van der Waals surface area contributed by atoms with Gasteiger partial charge in [0.1, 0.15) is 17.0 Å². The maximum atomic E-state index is 13.2. The van der Waals surface area contributed by atoms with Crippen LogP contribution in [0.15, 0.2) is 48.3 Å². The largest absolute Gasteiger partial charge is 0.504 e. The molecule has 1 aliphatic heterocycles. The molecule has 0 bridgehead atoms. The van der Waals surface area contributed by atoms with Crippen LogP contribution in [0.1, 0.15) is 33.7 Å². The van der Waals surface area contributed by atoms with Crippen LogP contribution in [0.4, 0.5) is 0 Å². The van der Waals surface area contributed by atoms with Gasteiger partial charge in [0.05, 0.1) is 20.5 Å². The fourth-order valence-corrected chi connectivity index (χ4v) is 3.36. The molecule has 1 aromatic heterocycles. The first-order valence-corrected chi connectivity index (χ1v) is 9.90. The first-order chi connectivity index (χ1) is 15.1. The van der Waals surface area contributed by atoms with E-state index in [2.05, 4.69) is 10.3 Å². The van der Waals surface area contributed by atoms with Gasteiger partial charge in [0, 0.05) is 42.0 Å². The van der Waals surface area contributed by atoms with E-state index >= 15 is 0 Å². The van der Waals surface area contributed by atoms with Gasteiger partial charge in [-0.3, -0.25) is 9.59 Å². The Kier molecular flexibility index (Phi) is 7.50. The summed E-state index contributed by atoms with van der Waals surface area (Å²) in [4.78, 5) is 30.6. The molecule has 1 saturated heterocycles. The van der Waals surface area contributed by atoms with Crippen molar-refractivity contribution in [2.75, 3.05) is 27.4 Å². The molecule has 1 fully saturated rings. The summed E-state index contributed by atoms with van der Waals surface area (Å²) in [5, 5.41) is 11.2. The zero-order valence-electron chi connectivity index (χ0n) is 17.5. The summed E-state index contributed by atoms with van der Waals surface area (Å²) in [6.45, 7) is 1.19. The molecule has 0 saturated carbocycles. The van der Waals surface area contributed by atoms with Crippen LogP contribution in [0.25, 0.3) is 10.9 Å². The number of methoxy groups -OCH3 is 2. The minimum Gasteiger partial charge on any atom is -0.504 e. The second kappa shape index (κ2) is 10.5. The Morgan fingerprint density at radius 3 is 2.71 bits per heavy atom. The number of rotatable bonds is 8. The first kappa shape index (κ1) is 22.2. The number of fused-ring (bicyclic) bond motifs is 1. The summed E-state index contributed by atoms with van der Waals surface area (Å²) in [7, 11) is 2.99. The number of hydrogen-bond acceptors (Lipinski definition) is 7. The van der Waals surface area contributed by atoms with Crippen LogP contribution in [0.3, 0.4) is 0 Å². The highest BCUT2D eigenvalue weighted by molar-refractivity contribution is 6.25. The molecule has 2 N–H and O–H groups in total. The van der Waals surface area contributed by atoms with Gasteiger partial charge in [0.2, 0.25) is 0 Å². The third-order valence-corrected chi connectivity index (χ3v) is 4.96. The van der Waals surface area contributed by atoms with Crippen LogP contribution < -0.4 is 10.1 Å². The summed E-state index contributed by atoms with van der Waals surface area (Å²) in [5.41, 5.74) is 0.925. The normalized spacial score (nSPS) is 15.1. The summed E-state index contributed by atoms with van der Waals surface area (Å²) in [5.74, 6) is -0.322. The molecule has 8 nitrogen and oxygen atoms in total. The lowest BCUT2D eigenvalue weighted by Crippen LogP contribution is -2.39. The first-order valence-electron chi connectivity index (χ1n) is 9.90. The van der Waals surface area contributed by atoms with Gasteiger partial charge >= 0.3 is 0 Å². The molecule has 162 valence electrons. The summed E-state index contributed by atoms with van der Waals surface area (Å²) in [6, 6.07) is 6.67. The Bertz CT molecular complexity index is 1040. The number of Topliss-reactive ketones (excluding diaryl/α,β-unsaturated/α-hetero) is 1. The molecule has 31 heavy (non-hydrogen) atoms. The number of hydrogen-bond donors (Lipinski definition) is 2. The topological polar surface area (TPSA) is 111 Å². The van der Waals surface area contributed by atoms with E-state index in [0.29, 0.717) is 29.9 Å². The van der Waals surface area contributed by atoms with E-state index < -0.39 is 5.78 Å². The van der Waals surface area contributed by atoms with E-state index in [1.807, 2.05) is 0 Å². The molecular formula is C23H25N3O5. The average molecular weight is 423 g/mol. The number of nitrogens with zero attached hydrogens (tertiary/aromatic N) is 1. The van der Waals surface area contributed by atoms with E-state index in [0.717, 1.165) is 19.1 Å². The van der Waals surface area contributed by atoms with E-state index in [-0.39, 0.29) is 28.8 Å². The van der Waals surface area contributed by atoms with Gasteiger partial charge in [-0.1, -0.05) is 12.1 Å². The van der Waals surface area contributed by atoms with Gasteiger partial charge in [0.15, 0.2) is 5.78 Å². The number of aromatic nitrogens is 1. The van der Waals surface area contributed by atoms with Crippen LogP contribution in [-0.2, 0) is 9.47 Å². The lowest BCUT2D eigenvalue weighted by Gasteiger charge is -2.23. The third-order valence-electron chi connectivity index (χ3n) is 4.96. The fraction of sp³-hybridized carbons (Fsp3) is 0.304. The van der Waals surface area contributed by atoms with Gasteiger partial charge in [-0.25, -0.2) is 4.98 Å². The Morgan fingerprint density at radius 1 is 1.26 bits per heavy atom. The lowest BCUT2D eigenvalue weighted by molar-refractivity contribution is 0.0694. The van der Waals surface area contributed by atoms with Gasteiger partial charge in [-0.05, 0) is 37.1 Å². The smallest absolute Gasteiger partial charge is 0.270 e. The number of carbonyl (C=O) groups excluding carboxylic acids is 2. The summed E-state index contributed by atoms with van der Waals surface area (Å²) in [6.07, 6.45) is 6.82. The molecule has 0 unspecified atom stereocenters. The van der Waals surface area contributed by atoms with E-state index in [4.69, 9.17) is 19.6 Å². The molecule has 0 spiro atoms. The van der Waals surface area contributed by atoms with Crippen molar-refractivity contribution in [1.29, 1.82) is 5.41 Å². The molecular weight excluding hydrogens is 398 g/mol. The van der Waals surface area contributed by atoms with Crippen LogP contribution in [0.5, 0.6) is 5.75 Å². The van der Waals surface area contributed by atoms with Crippen molar-refractivity contribution in [3.63, 3.8) is 0 Å². The number of carbonyl (C=O) groups is 2. The molecule has 0 radical (unpaired) electrons. The van der Waals surface area contributed by atoms with E-state index in [9.17, 15) is 9.59 Å². The second-order valence-corrected chi connectivity index (χ2v) is 6.93. The minimum atomic E-state index is -0.406. The van der Waals surface area contributed by atoms with Crippen LogP contribution in [0, 0.1) is 5.41 Å². The van der Waals surface area contributed by atoms with Crippen LogP contribution in [0.2, 0.25) is 0 Å². The average Bonchev–Trinajstić information content (AvgIpc) is 2.81. The predicted octanol–water partition coefficient (Wildman–Crippen LogP) is 3.07. The summed E-state index contributed by atoms with van der Waals surface area (Å²) < 4.78 is 15.6. The number of allylic oxidation sites excluding steroid dienone is 3. The van der Waals surface area contributed by atoms with Gasteiger partial charge in [0.25, 0.3) is 5.91 Å². The van der Waals surface area contributed by atoms with Crippen molar-refractivity contribution in [1.82, 2.24) is 10.3 Å². The number of pyridine rings is 1. The number of benzene rings is 1. The van der Waals surface area contributed by atoms with Crippen molar-refractivity contribution in [2.24, 2.45) is 0 Å². The Labute approximate surface area is 180 Å². The second-order valence-electron chi connectivity index (χ2n) is 6.93. The van der Waals surface area contributed by atoms with Crippen molar-refractivity contribution < 1.29 is 23.8 Å². The van der Waals surface area contributed by atoms with Crippen molar-refractivity contribution in [2.45, 2.75) is 18.9 Å². The number of para-hydroxylation sites is 1. The highest BCUT2D eigenvalue weighted by Crippen LogP contribution is 2.28. The van der Waals surface area contributed by atoms with Gasteiger partial charge < -0.3 is 24.9 Å². The summed E-state index contributed by atoms with van der Waals surface area (Å²) >= 11 is 0. The standard InChI is InChI=1S/C23H25N3O5/c1-29-10-4-5-15(14-24)22(27)18-13-19(23(28)25-16-8-11-31-12-9-16)26-21-17(18)6-3-7-20(21)30-2/h3-7,10,13-14,16,24H,8-9,11-12H2,1-2H3,(H,25,28)/b10-4+,15-5+,24-14?. The maximum absolute atomic E-state index is 13.2. The minimum absolute atomic E-state index is 0.00761. The number of nitrogens with one attached hydrogen (secondary N) is 2. The zero-order chi connectivity index (χ0) is 22.2. The molecule has 1 aliphatic rings. The Balaban J connectivity index is 2.07. The molecule has 1 amide bonds. The van der Waals surface area contributed by atoms with Crippen LogP contribution in [-0.4, -0.2) is 56.4 Å². The van der Waals surface area contributed by atoms with E-state index in [1.54, 1.807) is 18.2 Å². The molecule has 3 rings (SSSR count). The Hall–Kier alpha value is -3.52. The molecule has 2 heterocycles. The highest BCUT2D eigenvalue weighted by Gasteiger charge is 2.22. The molecule has 0 aliphatic carbocycles. The van der Waals surface area contributed by atoms with E-state index in [1.165, 1.54) is 38.7 Å². The Morgan fingerprint density at radius 2 is 2.03 bits per heavy atom. The molecule has 1 aromatic carbocycles. The maximum Gasteiger partial charge on any atom is 0.270 e. The quantitative estimate of drug-likeness (QED) is 0.222. The van der Waals surface area contributed by atoms with Gasteiger partial charge in [-0.2, -0.15) is 0 Å². The number of amides is 1. The molecule has 2 aromatic rings. The highest BCUT2D eigenvalue weighted by atomic mass is 16.5. The predicted molar refractivity (Wildman–Crippen MR) is 117 cm³/mol. The van der Waals surface area contributed by atoms with Crippen LogP contribution >= 0.6 is 0 Å². The fourth-order valence-electron chi connectivity index (χ4n) is 3.36. The van der Waals surface area contributed by atoms with Crippen molar-refractivity contribution in [3.05, 3.63) is 59.5 Å². The SMILES string of the molecule is CO/C=C/C=C(\C=N)C(=O)c1cc(C(=O)NC2CCOCC2)nc2c(OC)cccc12. The van der Waals surface area contributed by atoms with Crippen molar-refractivity contribution >= 4 is 28.8 Å². The molecule has 8 heteroatoms. The zero-order valence-corrected chi connectivity index (χ0v) is 17.5.